The first kappa shape index (κ1) is 18.3. The van der Waals surface area contributed by atoms with Crippen LogP contribution >= 0.6 is 11.6 Å². The van der Waals surface area contributed by atoms with Crippen LogP contribution in [0.1, 0.15) is 20.3 Å². The Balaban J connectivity index is 1.88. The third-order valence-corrected chi connectivity index (χ3v) is 3.96. The first-order valence-electron chi connectivity index (χ1n) is 8.25. The molecular formula is C16H25ClN6O. The number of aromatic nitrogens is 1. The van der Waals surface area contributed by atoms with Crippen molar-refractivity contribution in [2.45, 2.75) is 26.3 Å². The molecule has 2 rings (SSSR count). The lowest BCUT2D eigenvalue weighted by molar-refractivity contribution is -0.118. The van der Waals surface area contributed by atoms with E-state index in [9.17, 15) is 4.79 Å². The average Bonchev–Trinajstić information content (AvgIpc) is 3.00. The molecule has 0 saturated carbocycles. The largest absolute Gasteiger partial charge is 0.357 e. The summed E-state index contributed by atoms with van der Waals surface area (Å²) in [5.74, 6) is 1.56. The average molecular weight is 353 g/mol. The van der Waals surface area contributed by atoms with Gasteiger partial charge >= 0.3 is 0 Å². The van der Waals surface area contributed by atoms with Gasteiger partial charge in [0.05, 0.1) is 11.6 Å². The van der Waals surface area contributed by atoms with Crippen LogP contribution < -0.4 is 20.9 Å². The van der Waals surface area contributed by atoms with E-state index in [1.165, 1.54) is 6.92 Å². The zero-order valence-corrected chi connectivity index (χ0v) is 14.9. The topological polar surface area (TPSA) is 81.6 Å². The molecule has 0 aromatic carbocycles. The molecule has 2 heterocycles. The highest BCUT2D eigenvalue weighted by Gasteiger charge is 2.25. The van der Waals surface area contributed by atoms with Gasteiger partial charge in [0.25, 0.3) is 0 Å². The molecule has 1 amide bonds. The standard InChI is InChI=1S/C16H25ClN6O/c1-3-18-16(21-9-8-19-12(2)24)22-13-6-10-23(11-13)15-14(17)5-4-7-20-15/h4-5,7,13H,3,6,8-11H2,1-2H3,(H,19,24)(H2,18,21,22). The van der Waals surface area contributed by atoms with Crippen LogP contribution in [0.4, 0.5) is 5.82 Å². The van der Waals surface area contributed by atoms with Crippen LogP contribution in [0.2, 0.25) is 5.02 Å². The number of rotatable bonds is 6. The maximum absolute atomic E-state index is 10.9. The number of nitrogens with one attached hydrogen (secondary N) is 3. The van der Waals surface area contributed by atoms with Crippen LogP contribution in [-0.4, -0.2) is 55.6 Å². The van der Waals surface area contributed by atoms with Crippen molar-refractivity contribution in [1.82, 2.24) is 20.9 Å². The lowest BCUT2D eigenvalue weighted by Gasteiger charge is -2.20. The number of aliphatic imine (C=N–C) groups is 1. The van der Waals surface area contributed by atoms with E-state index in [1.807, 2.05) is 19.1 Å². The predicted molar refractivity (Wildman–Crippen MR) is 97.7 cm³/mol. The molecule has 0 aliphatic carbocycles. The quantitative estimate of drug-likeness (QED) is 0.404. The van der Waals surface area contributed by atoms with Crippen LogP contribution in [0.3, 0.4) is 0 Å². The number of carbonyl (C=O) groups is 1. The van der Waals surface area contributed by atoms with Gasteiger partial charge in [-0.3, -0.25) is 9.79 Å². The molecular weight excluding hydrogens is 328 g/mol. The van der Waals surface area contributed by atoms with E-state index in [-0.39, 0.29) is 11.9 Å². The molecule has 0 radical (unpaired) electrons. The molecule has 3 N–H and O–H groups in total. The third kappa shape index (κ3) is 5.56. The van der Waals surface area contributed by atoms with Gasteiger partial charge in [-0.25, -0.2) is 4.98 Å². The van der Waals surface area contributed by atoms with Crippen LogP contribution in [0, 0.1) is 0 Å². The smallest absolute Gasteiger partial charge is 0.216 e. The Morgan fingerprint density at radius 2 is 2.33 bits per heavy atom. The molecule has 132 valence electrons. The molecule has 24 heavy (non-hydrogen) atoms. The van der Waals surface area contributed by atoms with Crippen molar-refractivity contribution in [3.63, 3.8) is 0 Å². The van der Waals surface area contributed by atoms with E-state index in [2.05, 4.69) is 30.8 Å². The summed E-state index contributed by atoms with van der Waals surface area (Å²) in [7, 11) is 0. The minimum atomic E-state index is -0.0400. The number of guanidine groups is 1. The van der Waals surface area contributed by atoms with Gasteiger partial charge in [0.2, 0.25) is 5.91 Å². The molecule has 1 fully saturated rings. The van der Waals surface area contributed by atoms with E-state index in [0.717, 1.165) is 37.8 Å². The summed E-state index contributed by atoms with van der Waals surface area (Å²) in [6.45, 7) is 7.12. The van der Waals surface area contributed by atoms with Crippen LogP contribution in [-0.2, 0) is 4.79 Å². The Kier molecular flexibility index (Phi) is 7.11. The number of hydrogen-bond donors (Lipinski definition) is 3. The predicted octanol–water partition coefficient (Wildman–Crippen LogP) is 1.00. The minimum absolute atomic E-state index is 0.0400. The first-order valence-corrected chi connectivity index (χ1v) is 8.62. The van der Waals surface area contributed by atoms with Crippen molar-refractivity contribution >= 4 is 29.3 Å². The monoisotopic (exact) mass is 352 g/mol. The van der Waals surface area contributed by atoms with Gasteiger partial charge in [0, 0.05) is 45.3 Å². The minimum Gasteiger partial charge on any atom is -0.357 e. The van der Waals surface area contributed by atoms with Crippen molar-refractivity contribution < 1.29 is 4.79 Å². The fourth-order valence-electron chi connectivity index (χ4n) is 2.59. The zero-order valence-electron chi connectivity index (χ0n) is 14.2. The molecule has 0 spiro atoms. The van der Waals surface area contributed by atoms with Gasteiger partial charge in [-0.05, 0) is 25.5 Å². The second kappa shape index (κ2) is 9.32. The number of carbonyl (C=O) groups excluding carboxylic acids is 1. The number of anilines is 1. The Morgan fingerprint density at radius 3 is 3.04 bits per heavy atom. The summed E-state index contributed by atoms with van der Waals surface area (Å²) in [4.78, 5) is 21.9. The van der Waals surface area contributed by atoms with Crippen molar-refractivity contribution in [2.24, 2.45) is 4.99 Å². The Morgan fingerprint density at radius 1 is 1.50 bits per heavy atom. The van der Waals surface area contributed by atoms with E-state index < -0.39 is 0 Å². The van der Waals surface area contributed by atoms with Crippen LogP contribution in [0.5, 0.6) is 0 Å². The molecule has 7 nitrogen and oxygen atoms in total. The van der Waals surface area contributed by atoms with Crippen molar-refractivity contribution in [1.29, 1.82) is 0 Å². The summed E-state index contributed by atoms with van der Waals surface area (Å²) in [5.41, 5.74) is 0. The highest BCUT2D eigenvalue weighted by molar-refractivity contribution is 6.32. The molecule has 1 aliphatic heterocycles. The maximum Gasteiger partial charge on any atom is 0.216 e. The number of hydrogen-bond acceptors (Lipinski definition) is 4. The zero-order chi connectivity index (χ0) is 17.4. The van der Waals surface area contributed by atoms with Crippen molar-refractivity contribution in [3.05, 3.63) is 23.4 Å². The van der Waals surface area contributed by atoms with Gasteiger partial charge in [-0.1, -0.05) is 11.6 Å². The highest BCUT2D eigenvalue weighted by Crippen LogP contribution is 2.25. The van der Waals surface area contributed by atoms with E-state index >= 15 is 0 Å². The number of amides is 1. The summed E-state index contributed by atoms with van der Waals surface area (Å²) < 4.78 is 0. The normalized spacial score (nSPS) is 17.7. The Hall–Kier alpha value is -2.02. The number of pyridine rings is 1. The summed E-state index contributed by atoms with van der Waals surface area (Å²) in [5, 5.41) is 10.1. The molecule has 0 bridgehead atoms. The molecule has 1 aromatic rings. The number of nitrogens with zero attached hydrogens (tertiary/aromatic N) is 3. The molecule has 1 aromatic heterocycles. The van der Waals surface area contributed by atoms with E-state index in [1.54, 1.807) is 6.20 Å². The summed E-state index contributed by atoms with van der Waals surface area (Å²) in [6, 6.07) is 3.97. The highest BCUT2D eigenvalue weighted by atomic mass is 35.5. The van der Waals surface area contributed by atoms with Crippen LogP contribution in [0.25, 0.3) is 0 Å². The molecule has 8 heteroatoms. The van der Waals surface area contributed by atoms with Gasteiger partial charge in [0.1, 0.15) is 5.82 Å². The SMILES string of the molecule is CCNC(=NCCNC(C)=O)NC1CCN(c2ncccc2Cl)C1. The van der Waals surface area contributed by atoms with Crippen molar-refractivity contribution in [2.75, 3.05) is 37.6 Å². The van der Waals surface area contributed by atoms with Gasteiger partial charge in [-0.2, -0.15) is 0 Å². The second-order valence-corrected chi connectivity index (χ2v) is 6.04. The summed E-state index contributed by atoms with van der Waals surface area (Å²) in [6.07, 6.45) is 2.75. The van der Waals surface area contributed by atoms with Crippen LogP contribution in [0.15, 0.2) is 23.3 Å². The maximum atomic E-state index is 10.9. The Labute approximate surface area is 147 Å². The first-order chi connectivity index (χ1) is 11.6. The molecule has 1 unspecified atom stereocenters. The molecule has 1 atom stereocenters. The fraction of sp³-hybridized carbons (Fsp3) is 0.562. The third-order valence-electron chi connectivity index (χ3n) is 3.67. The Bertz CT molecular complexity index is 579. The lowest BCUT2D eigenvalue weighted by Crippen LogP contribution is -2.45. The van der Waals surface area contributed by atoms with Crippen molar-refractivity contribution in [3.8, 4) is 0 Å². The van der Waals surface area contributed by atoms with Gasteiger partial charge in [-0.15, -0.1) is 0 Å². The van der Waals surface area contributed by atoms with Gasteiger partial charge < -0.3 is 20.9 Å². The molecule has 1 saturated heterocycles. The second-order valence-electron chi connectivity index (χ2n) is 5.63. The summed E-state index contributed by atoms with van der Waals surface area (Å²) >= 11 is 6.22. The van der Waals surface area contributed by atoms with E-state index in [0.29, 0.717) is 18.1 Å². The molecule has 1 aliphatic rings. The lowest BCUT2D eigenvalue weighted by atomic mass is 10.3. The van der Waals surface area contributed by atoms with E-state index in [4.69, 9.17) is 11.6 Å². The number of halogens is 1. The van der Waals surface area contributed by atoms with Gasteiger partial charge in [0.15, 0.2) is 5.96 Å². The fourth-order valence-corrected chi connectivity index (χ4v) is 2.83.